The molecule has 1 saturated heterocycles. The maximum Gasteiger partial charge on any atom is 0.489 e. The third-order valence-corrected chi connectivity index (χ3v) is 1.73. The number of azo groups is 2. The van der Waals surface area contributed by atoms with Gasteiger partial charge in [-0.3, -0.25) is 0 Å². The highest BCUT2D eigenvalue weighted by Gasteiger charge is 2.14. The van der Waals surface area contributed by atoms with Gasteiger partial charge in [-0.05, 0) is 6.42 Å². The van der Waals surface area contributed by atoms with Gasteiger partial charge in [-0.1, -0.05) is 0 Å². The number of ether oxygens (including phenoxy) is 1. The van der Waals surface area contributed by atoms with Crippen LogP contribution in [0.5, 0.6) is 0 Å². The van der Waals surface area contributed by atoms with E-state index in [4.69, 9.17) is 0 Å². The molecule has 0 aromatic heterocycles. The molecule has 1 aliphatic rings. The SMILES string of the molecule is COC(=O)N=[N+]1CCCCC1.Cl. The minimum atomic E-state index is -0.494. The Hall–Kier alpha value is -0.640. The Bertz CT molecular complexity index is 174. The Morgan fingerprint density at radius 3 is 2.42 bits per heavy atom. The topological polar surface area (TPSA) is 41.7 Å². The van der Waals surface area contributed by atoms with Crippen molar-refractivity contribution < 1.29 is 14.2 Å². The average Bonchev–Trinajstić information content (AvgIpc) is 2.06. The van der Waals surface area contributed by atoms with Crippen molar-refractivity contribution in [1.82, 2.24) is 0 Å². The molecule has 0 aromatic carbocycles. The highest BCUT2D eigenvalue weighted by atomic mass is 35.5. The Labute approximate surface area is 78.0 Å². The van der Waals surface area contributed by atoms with Crippen LogP contribution in [0.1, 0.15) is 19.3 Å². The van der Waals surface area contributed by atoms with E-state index in [0.717, 1.165) is 25.9 Å². The molecule has 0 aliphatic carbocycles. The number of carbonyl (C=O) groups is 1. The first-order chi connectivity index (χ1) is 5.33. The maximum absolute atomic E-state index is 10.6. The van der Waals surface area contributed by atoms with E-state index in [0.29, 0.717) is 0 Å². The number of rotatable bonds is 0. The highest BCUT2D eigenvalue weighted by Crippen LogP contribution is 2.04. The Morgan fingerprint density at radius 1 is 1.33 bits per heavy atom. The van der Waals surface area contributed by atoms with Gasteiger partial charge in [-0.25, -0.2) is 4.79 Å². The normalized spacial score (nSPS) is 16.2. The van der Waals surface area contributed by atoms with Crippen LogP contribution in [0.3, 0.4) is 0 Å². The first-order valence-corrected chi connectivity index (χ1v) is 3.87. The number of hydrogen-bond acceptors (Lipinski definition) is 2. The second-order valence-corrected chi connectivity index (χ2v) is 2.58. The van der Waals surface area contributed by atoms with E-state index in [1.165, 1.54) is 13.5 Å². The molecule has 12 heavy (non-hydrogen) atoms. The predicted molar refractivity (Wildman–Crippen MR) is 45.9 cm³/mol. The summed E-state index contributed by atoms with van der Waals surface area (Å²) < 4.78 is 6.18. The molecule has 0 N–H and O–H groups in total. The first-order valence-electron chi connectivity index (χ1n) is 3.87. The minimum absolute atomic E-state index is 0. The molecule has 0 unspecified atom stereocenters. The van der Waals surface area contributed by atoms with Gasteiger partial charge in [0.15, 0.2) is 13.1 Å². The molecule has 0 radical (unpaired) electrons. The van der Waals surface area contributed by atoms with Gasteiger partial charge in [-0.2, -0.15) is 0 Å². The van der Waals surface area contributed by atoms with Gasteiger partial charge in [0.05, 0.1) is 12.2 Å². The summed E-state index contributed by atoms with van der Waals surface area (Å²) >= 11 is 0. The fourth-order valence-corrected chi connectivity index (χ4v) is 1.13. The molecule has 4 nitrogen and oxygen atoms in total. The second kappa shape index (κ2) is 5.94. The molecule has 1 heterocycles. The van der Waals surface area contributed by atoms with Crippen molar-refractivity contribution in [2.24, 2.45) is 5.11 Å². The lowest BCUT2D eigenvalue weighted by Gasteiger charge is -2.05. The van der Waals surface area contributed by atoms with Gasteiger partial charge in [0.2, 0.25) is 0 Å². The van der Waals surface area contributed by atoms with E-state index < -0.39 is 6.09 Å². The van der Waals surface area contributed by atoms with Crippen LogP contribution in [0, 0.1) is 0 Å². The first kappa shape index (κ1) is 11.4. The van der Waals surface area contributed by atoms with Crippen LogP contribution in [-0.4, -0.2) is 31.0 Å². The van der Waals surface area contributed by atoms with Crippen molar-refractivity contribution in [3.8, 4) is 0 Å². The van der Waals surface area contributed by atoms with Gasteiger partial charge in [0.25, 0.3) is 0 Å². The van der Waals surface area contributed by atoms with E-state index in [1.54, 1.807) is 4.70 Å². The van der Waals surface area contributed by atoms with E-state index in [2.05, 4.69) is 9.85 Å². The summed E-state index contributed by atoms with van der Waals surface area (Å²) in [6.45, 7) is 1.77. The fourth-order valence-electron chi connectivity index (χ4n) is 1.13. The van der Waals surface area contributed by atoms with Crippen molar-refractivity contribution in [3.05, 3.63) is 0 Å². The summed E-state index contributed by atoms with van der Waals surface area (Å²) in [7, 11) is 1.34. The predicted octanol–water partition coefficient (Wildman–Crippen LogP) is 1.82. The van der Waals surface area contributed by atoms with Crippen LogP contribution >= 0.6 is 12.4 Å². The Kier molecular flexibility index (Phi) is 5.62. The average molecular weight is 194 g/mol. The summed E-state index contributed by atoms with van der Waals surface area (Å²) in [5.74, 6) is 0. The molecule has 0 atom stereocenters. The zero-order valence-corrected chi connectivity index (χ0v) is 7.97. The van der Waals surface area contributed by atoms with Gasteiger partial charge >= 0.3 is 6.09 Å². The summed E-state index contributed by atoms with van der Waals surface area (Å²) in [6.07, 6.45) is 3.00. The summed E-state index contributed by atoms with van der Waals surface area (Å²) in [5, 5.41) is 3.73. The molecule has 1 amide bonds. The number of nitrogens with zero attached hydrogens (tertiary/aromatic N) is 2. The minimum Gasteiger partial charge on any atom is -0.448 e. The van der Waals surface area contributed by atoms with Gasteiger partial charge < -0.3 is 4.74 Å². The van der Waals surface area contributed by atoms with Crippen molar-refractivity contribution in [3.63, 3.8) is 0 Å². The lowest BCUT2D eigenvalue weighted by Crippen LogP contribution is -2.19. The quantitative estimate of drug-likeness (QED) is 0.551. The number of halogens is 1. The lowest BCUT2D eigenvalue weighted by atomic mass is 10.2. The standard InChI is InChI=1S/C7H13N2O2.ClH/c1-11-7(10)8-9-5-3-2-4-6-9;/h2-6H2,1H3;1H/q+1;. The molecule has 0 bridgehead atoms. The van der Waals surface area contributed by atoms with Crippen molar-refractivity contribution in [2.45, 2.75) is 19.3 Å². The largest absolute Gasteiger partial charge is 0.489 e. The number of hydrogen-bond donors (Lipinski definition) is 0. The molecule has 5 heteroatoms. The lowest BCUT2D eigenvalue weighted by molar-refractivity contribution is -0.597. The van der Waals surface area contributed by atoms with E-state index in [9.17, 15) is 4.79 Å². The third-order valence-electron chi connectivity index (χ3n) is 1.73. The highest BCUT2D eigenvalue weighted by molar-refractivity contribution is 5.85. The van der Waals surface area contributed by atoms with Gasteiger partial charge in [0, 0.05) is 12.8 Å². The van der Waals surface area contributed by atoms with Crippen molar-refractivity contribution in [2.75, 3.05) is 20.2 Å². The van der Waals surface area contributed by atoms with E-state index >= 15 is 0 Å². The molecular weight excluding hydrogens is 180 g/mol. The molecule has 1 aliphatic heterocycles. The number of methoxy groups -OCH3 is 1. The van der Waals surface area contributed by atoms with Gasteiger partial charge in [-0.15, -0.1) is 17.1 Å². The molecule has 0 saturated carbocycles. The summed E-state index contributed by atoms with van der Waals surface area (Å²) in [4.78, 5) is 10.6. The fraction of sp³-hybridized carbons (Fsp3) is 0.857. The zero-order chi connectivity index (χ0) is 8.10. The maximum atomic E-state index is 10.6. The smallest absolute Gasteiger partial charge is 0.448 e. The Morgan fingerprint density at radius 2 is 1.92 bits per heavy atom. The van der Waals surface area contributed by atoms with Gasteiger partial charge in [0.1, 0.15) is 0 Å². The van der Waals surface area contributed by atoms with Crippen LogP contribution in [0.15, 0.2) is 5.11 Å². The molecule has 0 spiro atoms. The summed E-state index contributed by atoms with van der Waals surface area (Å²) in [5.41, 5.74) is 0. The molecule has 0 aromatic rings. The molecule has 70 valence electrons. The van der Waals surface area contributed by atoms with Crippen LogP contribution in [0.4, 0.5) is 4.79 Å². The van der Waals surface area contributed by atoms with Crippen molar-refractivity contribution in [1.29, 1.82) is 0 Å². The molecular formula is C7H14ClN2O2+. The van der Waals surface area contributed by atoms with Crippen LogP contribution < -0.4 is 0 Å². The van der Waals surface area contributed by atoms with E-state index in [-0.39, 0.29) is 12.4 Å². The monoisotopic (exact) mass is 193 g/mol. The molecule has 1 fully saturated rings. The molecule has 1 rings (SSSR count). The number of piperidine rings is 1. The number of amides is 1. The van der Waals surface area contributed by atoms with Crippen molar-refractivity contribution >= 4 is 18.5 Å². The third kappa shape index (κ3) is 3.67. The van der Waals surface area contributed by atoms with Crippen LogP contribution in [-0.2, 0) is 4.74 Å². The van der Waals surface area contributed by atoms with Crippen LogP contribution in [0.2, 0.25) is 0 Å². The number of carbonyl (C=O) groups excluding carboxylic acids is 1. The van der Waals surface area contributed by atoms with E-state index in [1.807, 2.05) is 0 Å². The summed E-state index contributed by atoms with van der Waals surface area (Å²) in [6, 6.07) is 0. The second-order valence-electron chi connectivity index (χ2n) is 2.58. The van der Waals surface area contributed by atoms with Crippen LogP contribution in [0.25, 0.3) is 0 Å². The Balaban J connectivity index is 0.00000121. The zero-order valence-electron chi connectivity index (χ0n) is 7.15.